The zero-order valence-corrected chi connectivity index (χ0v) is 12.2. The predicted molar refractivity (Wildman–Crippen MR) is 75.1 cm³/mol. The fourth-order valence-corrected chi connectivity index (χ4v) is 2.88. The highest BCUT2D eigenvalue weighted by molar-refractivity contribution is 5.34. The molecular weight excluding hydrogens is 256 g/mol. The number of fused-ring (bicyclic) bond motifs is 1. The molecule has 0 bridgehead atoms. The Morgan fingerprint density at radius 2 is 2.30 bits per heavy atom. The number of likely N-dealkylation sites (N-methyl/N-ethyl adjacent to an activating group) is 1. The van der Waals surface area contributed by atoms with E-state index in [9.17, 15) is 0 Å². The molecule has 1 saturated heterocycles. The molecule has 0 amide bonds. The third-order valence-electron chi connectivity index (χ3n) is 4.15. The van der Waals surface area contributed by atoms with E-state index in [1.807, 2.05) is 0 Å². The van der Waals surface area contributed by atoms with Crippen molar-refractivity contribution in [1.82, 2.24) is 20.2 Å². The second-order valence-corrected chi connectivity index (χ2v) is 5.46. The second kappa shape index (κ2) is 5.93. The minimum Gasteiger partial charge on any atom is -0.476 e. The summed E-state index contributed by atoms with van der Waals surface area (Å²) in [5.41, 5.74) is 2.13. The van der Waals surface area contributed by atoms with Crippen molar-refractivity contribution in [2.45, 2.75) is 31.8 Å². The molecule has 2 aliphatic rings. The number of hydrogen-bond donors (Lipinski definition) is 1. The van der Waals surface area contributed by atoms with Gasteiger partial charge < -0.3 is 19.7 Å². The number of methoxy groups -OCH3 is 1. The van der Waals surface area contributed by atoms with Crippen molar-refractivity contribution in [2.24, 2.45) is 0 Å². The normalized spacial score (nSPS) is 22.6. The number of hydrogen-bond acceptors (Lipinski definition) is 6. The van der Waals surface area contributed by atoms with Crippen LogP contribution in [0.5, 0.6) is 11.9 Å². The van der Waals surface area contributed by atoms with E-state index in [0.717, 1.165) is 37.3 Å². The summed E-state index contributed by atoms with van der Waals surface area (Å²) in [6.45, 7) is 3.55. The fourth-order valence-electron chi connectivity index (χ4n) is 2.88. The first-order chi connectivity index (χ1) is 9.78. The third-order valence-corrected chi connectivity index (χ3v) is 4.15. The van der Waals surface area contributed by atoms with E-state index in [4.69, 9.17) is 9.47 Å². The number of nitrogens with one attached hydrogen (secondary N) is 1. The smallest absolute Gasteiger partial charge is 0.319 e. The first-order valence-electron chi connectivity index (χ1n) is 7.25. The average Bonchev–Trinajstić information content (AvgIpc) is 2.89. The van der Waals surface area contributed by atoms with Crippen LogP contribution in [0.1, 0.15) is 24.1 Å². The molecule has 1 N–H and O–H groups in total. The van der Waals surface area contributed by atoms with Gasteiger partial charge in [-0.05, 0) is 39.4 Å². The maximum Gasteiger partial charge on any atom is 0.319 e. The number of ether oxygens (including phenoxy) is 2. The summed E-state index contributed by atoms with van der Waals surface area (Å²) in [6, 6.07) is 0.885. The monoisotopic (exact) mass is 278 g/mol. The minimum absolute atomic E-state index is 0.391. The minimum atomic E-state index is 0.391. The summed E-state index contributed by atoms with van der Waals surface area (Å²) in [6.07, 6.45) is 3.36. The molecule has 1 aromatic heterocycles. The van der Waals surface area contributed by atoms with Crippen molar-refractivity contribution >= 4 is 0 Å². The van der Waals surface area contributed by atoms with Gasteiger partial charge in [0, 0.05) is 18.2 Å². The SMILES string of the molecule is COc1nc2c(c(OC[C@@H]3CCCN3C)n1)CCNC2. The molecule has 1 aromatic rings. The molecular formula is C14H22N4O2. The average molecular weight is 278 g/mol. The number of likely N-dealkylation sites (tertiary alicyclic amines) is 1. The molecule has 6 heteroatoms. The van der Waals surface area contributed by atoms with Gasteiger partial charge in [0.1, 0.15) is 6.61 Å². The Kier molecular flexibility index (Phi) is 4.03. The topological polar surface area (TPSA) is 59.5 Å². The van der Waals surface area contributed by atoms with E-state index in [1.165, 1.54) is 12.8 Å². The summed E-state index contributed by atoms with van der Waals surface area (Å²) < 4.78 is 11.2. The Hall–Kier alpha value is -1.40. The largest absolute Gasteiger partial charge is 0.476 e. The Morgan fingerprint density at radius 1 is 1.40 bits per heavy atom. The first kappa shape index (κ1) is 13.6. The van der Waals surface area contributed by atoms with Gasteiger partial charge in [0.05, 0.1) is 12.8 Å². The van der Waals surface area contributed by atoms with Crippen LogP contribution in [0.15, 0.2) is 0 Å². The van der Waals surface area contributed by atoms with Crippen molar-refractivity contribution in [3.8, 4) is 11.9 Å². The van der Waals surface area contributed by atoms with Crippen LogP contribution < -0.4 is 14.8 Å². The van der Waals surface area contributed by atoms with Crippen LogP contribution in [0.25, 0.3) is 0 Å². The van der Waals surface area contributed by atoms with Crippen molar-refractivity contribution < 1.29 is 9.47 Å². The van der Waals surface area contributed by atoms with Gasteiger partial charge in [-0.2, -0.15) is 9.97 Å². The number of nitrogens with zero attached hydrogens (tertiary/aromatic N) is 3. The van der Waals surface area contributed by atoms with Crippen LogP contribution in [0.2, 0.25) is 0 Å². The van der Waals surface area contributed by atoms with Gasteiger partial charge in [-0.25, -0.2) is 0 Å². The predicted octanol–water partition coefficient (Wildman–Crippen LogP) is 0.604. The summed E-state index contributed by atoms with van der Waals surface area (Å²) in [7, 11) is 3.74. The van der Waals surface area contributed by atoms with E-state index in [2.05, 4.69) is 27.2 Å². The first-order valence-corrected chi connectivity index (χ1v) is 7.25. The molecule has 0 radical (unpaired) electrons. The lowest BCUT2D eigenvalue weighted by Gasteiger charge is -2.22. The fraction of sp³-hybridized carbons (Fsp3) is 0.714. The van der Waals surface area contributed by atoms with Gasteiger partial charge >= 0.3 is 6.01 Å². The summed E-state index contributed by atoms with van der Waals surface area (Å²) in [4.78, 5) is 11.1. The molecule has 1 atom stereocenters. The molecule has 1 fully saturated rings. The quantitative estimate of drug-likeness (QED) is 0.870. The van der Waals surface area contributed by atoms with E-state index in [-0.39, 0.29) is 0 Å². The zero-order valence-electron chi connectivity index (χ0n) is 12.2. The lowest BCUT2D eigenvalue weighted by Crippen LogP contribution is -2.31. The van der Waals surface area contributed by atoms with Crippen molar-refractivity contribution in [2.75, 3.05) is 33.9 Å². The summed E-state index contributed by atoms with van der Waals surface area (Å²) >= 11 is 0. The Labute approximate surface area is 119 Å². The van der Waals surface area contributed by atoms with Crippen molar-refractivity contribution in [3.05, 3.63) is 11.3 Å². The van der Waals surface area contributed by atoms with Gasteiger partial charge in [-0.15, -0.1) is 0 Å². The number of aromatic nitrogens is 2. The highest BCUT2D eigenvalue weighted by Gasteiger charge is 2.24. The van der Waals surface area contributed by atoms with E-state index < -0.39 is 0 Å². The summed E-state index contributed by atoms with van der Waals surface area (Å²) in [5.74, 6) is 0.702. The molecule has 20 heavy (non-hydrogen) atoms. The molecule has 3 heterocycles. The molecule has 0 aliphatic carbocycles. The van der Waals surface area contributed by atoms with Gasteiger partial charge in [0.2, 0.25) is 5.88 Å². The van der Waals surface area contributed by atoms with E-state index in [1.54, 1.807) is 7.11 Å². The molecule has 6 nitrogen and oxygen atoms in total. The lowest BCUT2D eigenvalue weighted by atomic mass is 10.1. The van der Waals surface area contributed by atoms with Gasteiger partial charge in [-0.1, -0.05) is 0 Å². The van der Waals surface area contributed by atoms with E-state index in [0.29, 0.717) is 24.5 Å². The van der Waals surface area contributed by atoms with Crippen molar-refractivity contribution in [3.63, 3.8) is 0 Å². The Bertz CT molecular complexity index is 480. The molecule has 0 aromatic carbocycles. The van der Waals surface area contributed by atoms with Crippen molar-refractivity contribution in [1.29, 1.82) is 0 Å². The van der Waals surface area contributed by atoms with Gasteiger partial charge in [0.15, 0.2) is 0 Å². The highest BCUT2D eigenvalue weighted by atomic mass is 16.5. The molecule has 2 aliphatic heterocycles. The molecule has 0 saturated carbocycles. The molecule has 0 unspecified atom stereocenters. The van der Waals surface area contributed by atoms with Crippen LogP contribution in [-0.2, 0) is 13.0 Å². The Morgan fingerprint density at radius 3 is 3.05 bits per heavy atom. The van der Waals surface area contributed by atoms with Crippen LogP contribution in [0.3, 0.4) is 0 Å². The Balaban J connectivity index is 1.77. The zero-order chi connectivity index (χ0) is 13.9. The highest BCUT2D eigenvalue weighted by Crippen LogP contribution is 2.25. The molecule has 3 rings (SSSR count). The van der Waals surface area contributed by atoms with Gasteiger partial charge in [0.25, 0.3) is 0 Å². The maximum atomic E-state index is 6.00. The lowest BCUT2D eigenvalue weighted by molar-refractivity contribution is 0.189. The van der Waals surface area contributed by atoms with E-state index >= 15 is 0 Å². The second-order valence-electron chi connectivity index (χ2n) is 5.46. The number of rotatable bonds is 4. The van der Waals surface area contributed by atoms with Crippen LogP contribution in [0, 0.1) is 0 Å². The summed E-state index contributed by atoms with van der Waals surface area (Å²) in [5, 5.41) is 3.31. The van der Waals surface area contributed by atoms with Crippen LogP contribution >= 0.6 is 0 Å². The van der Waals surface area contributed by atoms with Crippen LogP contribution in [-0.4, -0.2) is 54.8 Å². The van der Waals surface area contributed by atoms with Gasteiger partial charge in [-0.3, -0.25) is 0 Å². The van der Waals surface area contributed by atoms with Crippen LogP contribution in [0.4, 0.5) is 0 Å². The molecule has 110 valence electrons. The third kappa shape index (κ3) is 2.71. The standard InChI is InChI=1S/C14H22N4O2/c1-18-7-3-4-10(18)9-20-13-11-5-6-15-8-12(11)16-14(17-13)19-2/h10,15H,3-9H2,1-2H3/t10-/m0/s1. The molecule has 0 spiro atoms. The maximum absolute atomic E-state index is 6.00.